The molecule has 1 aliphatic rings. The second kappa shape index (κ2) is 6.74. The van der Waals surface area contributed by atoms with E-state index >= 15 is 0 Å². The van der Waals surface area contributed by atoms with Gasteiger partial charge in [0, 0.05) is 6.04 Å². The van der Waals surface area contributed by atoms with Gasteiger partial charge in [-0.15, -0.1) is 0 Å². The van der Waals surface area contributed by atoms with E-state index < -0.39 is 15.7 Å². The SMILES string of the molecule is O=C(NC1CCS(=O)(=O)C1)c1cnc(Nc2ccccc2Cl)cn1. The lowest BCUT2D eigenvalue weighted by molar-refractivity contribution is 0.0935. The van der Waals surface area contributed by atoms with Crippen molar-refractivity contribution in [1.82, 2.24) is 15.3 Å². The van der Waals surface area contributed by atoms with Crippen molar-refractivity contribution in [3.63, 3.8) is 0 Å². The van der Waals surface area contributed by atoms with Crippen LogP contribution in [0.3, 0.4) is 0 Å². The van der Waals surface area contributed by atoms with Gasteiger partial charge in [0.25, 0.3) is 5.91 Å². The molecule has 0 aliphatic carbocycles. The second-order valence-corrected chi connectivity index (χ2v) is 8.10. The first-order chi connectivity index (χ1) is 11.4. The van der Waals surface area contributed by atoms with E-state index in [2.05, 4.69) is 20.6 Å². The molecule has 1 aromatic heterocycles. The summed E-state index contributed by atoms with van der Waals surface area (Å²) >= 11 is 6.05. The van der Waals surface area contributed by atoms with Gasteiger partial charge < -0.3 is 10.6 Å². The Balaban J connectivity index is 1.64. The maximum absolute atomic E-state index is 12.1. The van der Waals surface area contributed by atoms with Gasteiger partial charge in [0.2, 0.25) is 0 Å². The Morgan fingerprint density at radius 3 is 2.62 bits per heavy atom. The molecule has 1 aromatic carbocycles. The molecule has 1 saturated heterocycles. The molecule has 1 aliphatic heterocycles. The first-order valence-electron chi connectivity index (χ1n) is 7.28. The molecule has 0 saturated carbocycles. The van der Waals surface area contributed by atoms with Crippen molar-refractivity contribution < 1.29 is 13.2 Å². The monoisotopic (exact) mass is 366 g/mol. The van der Waals surface area contributed by atoms with E-state index in [4.69, 9.17) is 11.6 Å². The molecule has 0 radical (unpaired) electrons. The maximum atomic E-state index is 12.1. The summed E-state index contributed by atoms with van der Waals surface area (Å²) in [4.78, 5) is 20.3. The molecule has 1 unspecified atom stereocenters. The zero-order valence-electron chi connectivity index (χ0n) is 12.6. The summed E-state index contributed by atoms with van der Waals surface area (Å²) in [6.45, 7) is 0. The lowest BCUT2D eigenvalue weighted by Crippen LogP contribution is -2.36. The van der Waals surface area contributed by atoms with E-state index in [-0.39, 0.29) is 23.2 Å². The first-order valence-corrected chi connectivity index (χ1v) is 9.48. The summed E-state index contributed by atoms with van der Waals surface area (Å²) in [6, 6.07) is 6.82. The van der Waals surface area contributed by atoms with Crippen LogP contribution in [0, 0.1) is 0 Å². The smallest absolute Gasteiger partial charge is 0.271 e. The van der Waals surface area contributed by atoms with Gasteiger partial charge >= 0.3 is 0 Å². The number of para-hydroxylation sites is 1. The summed E-state index contributed by atoms with van der Waals surface area (Å²) in [6.07, 6.45) is 3.18. The van der Waals surface area contributed by atoms with Crippen LogP contribution in [0.15, 0.2) is 36.7 Å². The van der Waals surface area contributed by atoms with Crippen molar-refractivity contribution in [1.29, 1.82) is 0 Å². The van der Waals surface area contributed by atoms with Crippen LogP contribution in [0.25, 0.3) is 0 Å². The zero-order chi connectivity index (χ0) is 17.2. The molecule has 0 bridgehead atoms. The molecular weight excluding hydrogens is 352 g/mol. The summed E-state index contributed by atoms with van der Waals surface area (Å²) in [5.74, 6) is 0.0832. The van der Waals surface area contributed by atoms with Crippen molar-refractivity contribution in [2.24, 2.45) is 0 Å². The number of amides is 1. The number of nitrogens with one attached hydrogen (secondary N) is 2. The summed E-state index contributed by atoms with van der Waals surface area (Å²) < 4.78 is 22.8. The fourth-order valence-electron chi connectivity index (χ4n) is 2.38. The van der Waals surface area contributed by atoms with E-state index in [0.717, 1.165) is 0 Å². The van der Waals surface area contributed by atoms with Gasteiger partial charge in [-0.1, -0.05) is 23.7 Å². The van der Waals surface area contributed by atoms with Crippen molar-refractivity contribution in [2.45, 2.75) is 12.5 Å². The number of carbonyl (C=O) groups excluding carboxylic acids is 1. The third-order valence-electron chi connectivity index (χ3n) is 3.59. The molecule has 1 atom stereocenters. The number of benzene rings is 1. The molecule has 2 aromatic rings. The minimum Gasteiger partial charge on any atom is -0.347 e. The number of halogens is 1. The van der Waals surface area contributed by atoms with Crippen LogP contribution < -0.4 is 10.6 Å². The lowest BCUT2D eigenvalue weighted by atomic mass is 10.2. The summed E-state index contributed by atoms with van der Waals surface area (Å²) in [7, 11) is -3.04. The number of rotatable bonds is 4. The molecule has 126 valence electrons. The highest BCUT2D eigenvalue weighted by Crippen LogP contribution is 2.23. The van der Waals surface area contributed by atoms with Gasteiger partial charge in [0.1, 0.15) is 11.5 Å². The highest BCUT2D eigenvalue weighted by molar-refractivity contribution is 7.91. The highest BCUT2D eigenvalue weighted by Gasteiger charge is 2.29. The normalized spacial score (nSPS) is 19.0. The standard InChI is InChI=1S/C15H15ClN4O3S/c16-11-3-1-2-4-12(11)20-14-8-17-13(7-18-14)15(21)19-10-5-6-24(22,23)9-10/h1-4,7-8,10H,5-6,9H2,(H,18,20)(H,19,21). The molecule has 2 heterocycles. The number of carbonyl (C=O) groups is 1. The van der Waals surface area contributed by atoms with Crippen molar-refractivity contribution >= 4 is 38.9 Å². The molecule has 9 heteroatoms. The Hall–Kier alpha value is -2.19. The third-order valence-corrected chi connectivity index (χ3v) is 5.69. The van der Waals surface area contributed by atoms with Crippen LogP contribution in [0.2, 0.25) is 5.02 Å². The predicted octanol–water partition coefficient (Wildman–Crippen LogP) is 1.79. The molecule has 0 spiro atoms. The van der Waals surface area contributed by atoms with Crippen molar-refractivity contribution in [2.75, 3.05) is 16.8 Å². The number of nitrogens with zero attached hydrogens (tertiary/aromatic N) is 2. The Bertz CT molecular complexity index is 855. The Labute approximate surface area is 144 Å². The second-order valence-electron chi connectivity index (χ2n) is 5.47. The number of hydrogen-bond donors (Lipinski definition) is 2. The predicted molar refractivity (Wildman–Crippen MR) is 91.3 cm³/mol. The van der Waals surface area contributed by atoms with Gasteiger partial charge in [-0.05, 0) is 18.6 Å². The van der Waals surface area contributed by atoms with Gasteiger partial charge in [0.05, 0.1) is 34.6 Å². The van der Waals surface area contributed by atoms with Gasteiger partial charge in [0.15, 0.2) is 9.84 Å². The Morgan fingerprint density at radius 1 is 1.21 bits per heavy atom. The van der Waals surface area contributed by atoms with Gasteiger partial charge in [-0.25, -0.2) is 18.4 Å². The van der Waals surface area contributed by atoms with Crippen LogP contribution in [0.1, 0.15) is 16.9 Å². The quantitative estimate of drug-likeness (QED) is 0.855. The highest BCUT2D eigenvalue weighted by atomic mass is 35.5. The van der Waals surface area contributed by atoms with Gasteiger partial charge in [-0.3, -0.25) is 4.79 Å². The third kappa shape index (κ3) is 4.01. The van der Waals surface area contributed by atoms with Crippen LogP contribution in [-0.2, 0) is 9.84 Å². The van der Waals surface area contributed by atoms with Crippen LogP contribution in [-0.4, -0.2) is 41.8 Å². The minimum absolute atomic E-state index is 0.0295. The lowest BCUT2D eigenvalue weighted by Gasteiger charge is -2.11. The fourth-order valence-corrected chi connectivity index (χ4v) is 4.23. The Kier molecular flexibility index (Phi) is 4.68. The zero-order valence-corrected chi connectivity index (χ0v) is 14.1. The minimum atomic E-state index is -3.04. The number of hydrogen-bond acceptors (Lipinski definition) is 6. The molecule has 3 rings (SSSR count). The number of sulfone groups is 1. The topological polar surface area (TPSA) is 101 Å². The van der Waals surface area contributed by atoms with Crippen LogP contribution in [0.4, 0.5) is 11.5 Å². The van der Waals surface area contributed by atoms with Crippen LogP contribution >= 0.6 is 11.6 Å². The van der Waals surface area contributed by atoms with E-state index in [1.807, 2.05) is 12.1 Å². The molecule has 1 fully saturated rings. The summed E-state index contributed by atoms with van der Waals surface area (Å²) in [5, 5.41) is 6.22. The molecule has 24 heavy (non-hydrogen) atoms. The molecule has 7 nitrogen and oxygen atoms in total. The molecular formula is C15H15ClN4O3S. The average molecular weight is 367 g/mol. The number of anilines is 2. The molecule has 1 amide bonds. The van der Waals surface area contributed by atoms with E-state index in [9.17, 15) is 13.2 Å². The molecule has 2 N–H and O–H groups in total. The Morgan fingerprint density at radius 2 is 2.00 bits per heavy atom. The fraction of sp³-hybridized carbons (Fsp3) is 0.267. The first kappa shape index (κ1) is 16.7. The van der Waals surface area contributed by atoms with E-state index in [0.29, 0.717) is 22.9 Å². The van der Waals surface area contributed by atoms with E-state index in [1.54, 1.807) is 12.1 Å². The van der Waals surface area contributed by atoms with Crippen LogP contribution in [0.5, 0.6) is 0 Å². The number of aromatic nitrogens is 2. The largest absolute Gasteiger partial charge is 0.347 e. The average Bonchev–Trinajstić information content (AvgIpc) is 2.89. The van der Waals surface area contributed by atoms with Crippen molar-refractivity contribution in [3.05, 3.63) is 47.4 Å². The van der Waals surface area contributed by atoms with Gasteiger partial charge in [-0.2, -0.15) is 0 Å². The maximum Gasteiger partial charge on any atom is 0.271 e. The van der Waals surface area contributed by atoms with Crippen molar-refractivity contribution in [3.8, 4) is 0 Å². The van der Waals surface area contributed by atoms with E-state index in [1.165, 1.54) is 12.4 Å². The summed E-state index contributed by atoms with van der Waals surface area (Å²) in [5.41, 5.74) is 0.811.